The summed E-state index contributed by atoms with van der Waals surface area (Å²) in [6.45, 7) is 0. The molecule has 1 atom stereocenters. The third kappa shape index (κ3) is 1.74. The summed E-state index contributed by atoms with van der Waals surface area (Å²) in [4.78, 5) is 0. The van der Waals surface area contributed by atoms with Gasteiger partial charge in [-0.2, -0.15) is 13.2 Å². The van der Waals surface area contributed by atoms with Gasteiger partial charge in [-0.1, -0.05) is 0 Å². The van der Waals surface area contributed by atoms with Gasteiger partial charge in [0, 0.05) is 17.5 Å². The van der Waals surface area contributed by atoms with Crippen molar-refractivity contribution in [1.82, 2.24) is 0 Å². The minimum Gasteiger partial charge on any atom is -0.508 e. The monoisotopic (exact) mass is 254 g/mol. The van der Waals surface area contributed by atoms with E-state index in [-0.39, 0.29) is 0 Å². The van der Waals surface area contributed by atoms with E-state index in [1.54, 1.807) is 0 Å². The number of hydrogen-bond donors (Lipinski definition) is 2. The Balaban J connectivity index is 2.68. The van der Waals surface area contributed by atoms with Crippen LogP contribution in [0.2, 0.25) is 0 Å². The average molecular weight is 254 g/mol. The van der Waals surface area contributed by atoms with E-state index in [0.29, 0.717) is 12.1 Å². The first-order valence-electron chi connectivity index (χ1n) is 4.62. The molecule has 1 unspecified atom stereocenters. The molecule has 0 fully saturated rings. The van der Waals surface area contributed by atoms with Crippen LogP contribution in [-0.2, 0) is 12.6 Å². The number of rotatable bonds is 0. The van der Waals surface area contributed by atoms with E-state index in [1.165, 1.54) is 0 Å². The molecule has 0 heterocycles. The van der Waals surface area contributed by atoms with Crippen molar-refractivity contribution in [3.8, 4) is 5.75 Å². The highest BCUT2D eigenvalue weighted by atomic mass is 19.4. The molecule has 0 aromatic heterocycles. The maximum Gasteiger partial charge on any atom is 0.416 e. The van der Waals surface area contributed by atoms with Crippen LogP contribution in [-0.4, -0.2) is 16.1 Å². The normalized spacial score (nSPS) is 22.6. The average Bonchev–Trinajstić information content (AvgIpc) is 2.39. The molecular weight excluding hydrogens is 247 g/mol. The molecule has 1 aromatic carbocycles. The van der Waals surface area contributed by atoms with Crippen LogP contribution >= 0.6 is 0 Å². The summed E-state index contributed by atoms with van der Waals surface area (Å²) in [6, 6.07) is 1.19. The lowest BCUT2D eigenvalue weighted by Gasteiger charge is -2.17. The molecule has 0 amide bonds. The van der Waals surface area contributed by atoms with Gasteiger partial charge in [0.2, 0.25) is 0 Å². The van der Waals surface area contributed by atoms with Crippen molar-refractivity contribution >= 4 is 0 Å². The molecule has 0 saturated carbocycles. The van der Waals surface area contributed by atoms with Gasteiger partial charge in [0.05, 0.1) is 5.56 Å². The first-order valence-corrected chi connectivity index (χ1v) is 4.62. The maximum absolute atomic E-state index is 13.2. The predicted molar refractivity (Wildman–Crippen MR) is 46.7 cm³/mol. The molecule has 2 N–H and O–H groups in total. The molecule has 0 radical (unpaired) electrons. The van der Waals surface area contributed by atoms with Gasteiger partial charge in [-0.15, -0.1) is 0 Å². The summed E-state index contributed by atoms with van der Waals surface area (Å²) in [5.74, 6) is -4.36. The number of phenolic OH excluding ortho intramolecular Hbond substituents is 1. The van der Waals surface area contributed by atoms with E-state index in [0.717, 1.165) is 0 Å². The van der Waals surface area contributed by atoms with Crippen molar-refractivity contribution in [2.24, 2.45) is 0 Å². The van der Waals surface area contributed by atoms with Gasteiger partial charge in [0.1, 0.15) is 11.9 Å². The third-order valence-corrected chi connectivity index (χ3v) is 2.72. The number of aromatic hydroxyl groups is 1. The van der Waals surface area contributed by atoms with Crippen molar-refractivity contribution in [2.45, 2.75) is 24.6 Å². The number of halogens is 5. The van der Waals surface area contributed by atoms with Crippen LogP contribution in [0.15, 0.2) is 12.1 Å². The highest BCUT2D eigenvalue weighted by molar-refractivity contribution is 5.51. The summed E-state index contributed by atoms with van der Waals surface area (Å²) in [6.07, 6.45) is -8.49. The minimum atomic E-state index is -4.85. The van der Waals surface area contributed by atoms with Gasteiger partial charge >= 0.3 is 6.18 Å². The van der Waals surface area contributed by atoms with Gasteiger partial charge in [-0.25, -0.2) is 8.78 Å². The van der Waals surface area contributed by atoms with Crippen LogP contribution in [0.3, 0.4) is 0 Å². The predicted octanol–water partition coefficient (Wildman–Crippen LogP) is 2.64. The van der Waals surface area contributed by atoms with E-state index in [1.807, 2.05) is 0 Å². The van der Waals surface area contributed by atoms with Gasteiger partial charge in [-0.3, -0.25) is 0 Å². The smallest absolute Gasteiger partial charge is 0.416 e. The number of alkyl halides is 5. The molecule has 1 aliphatic rings. The van der Waals surface area contributed by atoms with Crippen LogP contribution in [0.25, 0.3) is 0 Å². The molecule has 1 aliphatic carbocycles. The fraction of sp³-hybridized carbons (Fsp3) is 0.400. The quantitative estimate of drug-likeness (QED) is 0.699. The second-order valence-electron chi connectivity index (χ2n) is 3.86. The largest absolute Gasteiger partial charge is 0.508 e. The first-order chi connectivity index (χ1) is 7.64. The van der Waals surface area contributed by atoms with Crippen LogP contribution in [0, 0.1) is 0 Å². The molecule has 7 heteroatoms. The molecular formula is C10H7F5O2. The zero-order valence-corrected chi connectivity index (χ0v) is 8.22. The molecule has 0 saturated heterocycles. The lowest BCUT2D eigenvalue weighted by atomic mass is 10.0. The Morgan fingerprint density at radius 3 is 2.35 bits per heavy atom. The highest BCUT2D eigenvalue weighted by Gasteiger charge is 2.52. The number of aliphatic hydroxyl groups is 1. The summed E-state index contributed by atoms with van der Waals surface area (Å²) >= 11 is 0. The Morgan fingerprint density at radius 1 is 1.24 bits per heavy atom. The molecule has 0 spiro atoms. The van der Waals surface area contributed by atoms with Gasteiger partial charge < -0.3 is 10.2 Å². The summed E-state index contributed by atoms with van der Waals surface area (Å²) in [5.41, 5.74) is -2.81. The van der Waals surface area contributed by atoms with Crippen molar-refractivity contribution in [2.75, 3.05) is 0 Å². The Bertz CT molecular complexity index is 466. The number of aliphatic hydroxyl groups excluding tert-OH is 1. The van der Waals surface area contributed by atoms with Gasteiger partial charge in [0.15, 0.2) is 0 Å². The van der Waals surface area contributed by atoms with E-state index in [9.17, 15) is 32.2 Å². The van der Waals surface area contributed by atoms with Crippen molar-refractivity contribution in [3.63, 3.8) is 0 Å². The van der Waals surface area contributed by atoms with Gasteiger partial charge in [0.25, 0.3) is 5.92 Å². The third-order valence-electron chi connectivity index (χ3n) is 2.72. The zero-order chi connectivity index (χ0) is 13.0. The topological polar surface area (TPSA) is 40.5 Å². The number of fused-ring (bicyclic) bond motifs is 1. The first kappa shape index (κ1) is 12.1. The highest BCUT2D eigenvalue weighted by Crippen LogP contribution is 2.50. The lowest BCUT2D eigenvalue weighted by Crippen LogP contribution is -2.23. The van der Waals surface area contributed by atoms with E-state index < -0.39 is 47.1 Å². The Morgan fingerprint density at radius 2 is 1.82 bits per heavy atom. The van der Waals surface area contributed by atoms with Crippen LogP contribution < -0.4 is 0 Å². The van der Waals surface area contributed by atoms with Crippen molar-refractivity contribution < 1.29 is 32.2 Å². The summed E-state index contributed by atoms with van der Waals surface area (Å²) in [7, 11) is 0. The fourth-order valence-electron chi connectivity index (χ4n) is 1.94. The molecule has 1 aromatic rings. The van der Waals surface area contributed by atoms with Crippen LogP contribution in [0.5, 0.6) is 5.75 Å². The molecule has 0 aliphatic heterocycles. The number of phenols is 1. The molecule has 17 heavy (non-hydrogen) atoms. The standard InChI is InChI=1S/C10H7F5O2/c11-9(12)3-4-6(16)2-1-5(10(13,14)15)7(4)8(9)17/h1-2,8,16-17H,3H2. The molecule has 2 nitrogen and oxygen atoms in total. The van der Waals surface area contributed by atoms with Crippen LogP contribution in [0.1, 0.15) is 22.8 Å². The SMILES string of the molecule is Oc1ccc(C(F)(F)F)c2c1CC(F)(F)C2O. The second kappa shape index (κ2) is 3.32. The van der Waals surface area contributed by atoms with E-state index in [2.05, 4.69) is 0 Å². The Kier molecular flexibility index (Phi) is 2.36. The fourth-order valence-corrected chi connectivity index (χ4v) is 1.94. The molecule has 2 rings (SSSR count). The zero-order valence-electron chi connectivity index (χ0n) is 8.22. The Labute approximate surface area is 92.3 Å². The Hall–Kier alpha value is -1.37. The van der Waals surface area contributed by atoms with Gasteiger partial charge in [-0.05, 0) is 12.1 Å². The number of benzene rings is 1. The second-order valence-corrected chi connectivity index (χ2v) is 3.86. The molecule has 94 valence electrons. The minimum absolute atomic E-state index is 0.485. The van der Waals surface area contributed by atoms with Crippen molar-refractivity contribution in [1.29, 1.82) is 0 Å². The van der Waals surface area contributed by atoms with Crippen molar-refractivity contribution in [3.05, 3.63) is 28.8 Å². The van der Waals surface area contributed by atoms with Crippen LogP contribution in [0.4, 0.5) is 22.0 Å². The summed E-state index contributed by atoms with van der Waals surface area (Å²) in [5, 5.41) is 18.5. The maximum atomic E-state index is 13.2. The summed E-state index contributed by atoms with van der Waals surface area (Å²) < 4.78 is 64.0. The van der Waals surface area contributed by atoms with E-state index >= 15 is 0 Å². The lowest BCUT2D eigenvalue weighted by molar-refractivity contribution is -0.142. The van der Waals surface area contributed by atoms with E-state index in [4.69, 9.17) is 0 Å². The molecule has 0 bridgehead atoms. The number of hydrogen-bond acceptors (Lipinski definition) is 2.